The van der Waals surface area contributed by atoms with Gasteiger partial charge in [0.05, 0.1) is 5.69 Å². The van der Waals surface area contributed by atoms with Crippen LogP contribution in [-0.2, 0) is 5.41 Å². The summed E-state index contributed by atoms with van der Waals surface area (Å²) in [6.45, 7) is 6.26. The molecule has 5 nitrogen and oxygen atoms in total. The van der Waals surface area contributed by atoms with Crippen molar-refractivity contribution < 1.29 is 0 Å². The highest BCUT2D eigenvalue weighted by Crippen LogP contribution is 2.21. The Morgan fingerprint density at radius 3 is 2.31 bits per heavy atom. The van der Waals surface area contributed by atoms with Crippen LogP contribution in [0.1, 0.15) is 26.5 Å². The molecule has 68 valence electrons. The van der Waals surface area contributed by atoms with E-state index < -0.39 is 0 Å². The molecule has 0 saturated heterocycles. The fourth-order valence-corrected chi connectivity index (χ4v) is 1.20. The Balaban J connectivity index is 2.75. The summed E-state index contributed by atoms with van der Waals surface area (Å²) >= 11 is 0. The van der Waals surface area contributed by atoms with Gasteiger partial charge in [-0.25, -0.2) is 9.97 Å². The van der Waals surface area contributed by atoms with Crippen LogP contribution >= 0.6 is 0 Å². The molecule has 2 rings (SSSR count). The smallest absolute Gasteiger partial charge is 0.198 e. The molecule has 0 atom stereocenters. The van der Waals surface area contributed by atoms with Crippen LogP contribution in [-0.4, -0.2) is 24.8 Å². The van der Waals surface area contributed by atoms with E-state index in [0.29, 0.717) is 0 Å². The first kappa shape index (κ1) is 8.10. The number of rotatable bonds is 0. The van der Waals surface area contributed by atoms with Crippen molar-refractivity contribution in [1.29, 1.82) is 0 Å². The van der Waals surface area contributed by atoms with Crippen LogP contribution in [0.2, 0.25) is 0 Å². The minimum atomic E-state index is -0.0305. The maximum Gasteiger partial charge on any atom is 0.198 e. The molecule has 0 amide bonds. The van der Waals surface area contributed by atoms with Gasteiger partial charge in [-0.1, -0.05) is 20.8 Å². The maximum atomic E-state index is 4.22. The van der Waals surface area contributed by atoms with Gasteiger partial charge in [0, 0.05) is 5.41 Å². The number of hydrogen-bond acceptors (Lipinski definition) is 4. The van der Waals surface area contributed by atoms with Crippen LogP contribution in [0.25, 0.3) is 5.65 Å². The van der Waals surface area contributed by atoms with Crippen molar-refractivity contribution in [3.05, 3.63) is 18.3 Å². The lowest BCUT2D eigenvalue weighted by Crippen LogP contribution is -2.16. The van der Waals surface area contributed by atoms with Gasteiger partial charge in [-0.2, -0.15) is 0 Å². The third kappa shape index (κ3) is 1.26. The number of aromatic nitrogens is 5. The van der Waals surface area contributed by atoms with Gasteiger partial charge in [0.2, 0.25) is 0 Å². The zero-order valence-electron chi connectivity index (χ0n) is 7.89. The monoisotopic (exact) mass is 177 g/mol. The summed E-state index contributed by atoms with van der Waals surface area (Å²) in [6, 6.07) is 0. The minimum Gasteiger partial charge on any atom is -0.235 e. The molecule has 2 aromatic heterocycles. The van der Waals surface area contributed by atoms with Gasteiger partial charge >= 0.3 is 0 Å². The molecule has 2 heterocycles. The van der Waals surface area contributed by atoms with Gasteiger partial charge in [-0.05, 0) is 0 Å². The molecule has 13 heavy (non-hydrogen) atoms. The zero-order valence-corrected chi connectivity index (χ0v) is 7.89. The summed E-state index contributed by atoms with van der Waals surface area (Å²) in [5.74, 6) is 0. The molecular weight excluding hydrogens is 166 g/mol. The van der Waals surface area contributed by atoms with Crippen LogP contribution in [0.15, 0.2) is 12.7 Å². The van der Waals surface area contributed by atoms with Gasteiger partial charge in [0.15, 0.2) is 5.65 Å². The van der Waals surface area contributed by atoms with E-state index in [9.17, 15) is 0 Å². The van der Waals surface area contributed by atoms with E-state index in [2.05, 4.69) is 40.9 Å². The molecular formula is C8H11N5. The lowest BCUT2D eigenvalue weighted by Gasteiger charge is -2.16. The molecule has 0 aliphatic heterocycles. The zero-order chi connectivity index (χ0) is 9.47. The van der Waals surface area contributed by atoms with Crippen molar-refractivity contribution in [3.63, 3.8) is 0 Å². The van der Waals surface area contributed by atoms with E-state index >= 15 is 0 Å². The molecule has 0 aliphatic carbocycles. The highest BCUT2D eigenvalue weighted by molar-refractivity contribution is 5.43. The van der Waals surface area contributed by atoms with Crippen molar-refractivity contribution in [1.82, 2.24) is 24.8 Å². The highest BCUT2D eigenvalue weighted by Gasteiger charge is 2.20. The van der Waals surface area contributed by atoms with E-state index in [1.807, 2.05) is 0 Å². The molecule has 5 heteroatoms. The van der Waals surface area contributed by atoms with Crippen LogP contribution in [0.5, 0.6) is 0 Å². The van der Waals surface area contributed by atoms with E-state index in [0.717, 1.165) is 11.3 Å². The Morgan fingerprint density at radius 2 is 1.69 bits per heavy atom. The van der Waals surface area contributed by atoms with Gasteiger partial charge in [0.25, 0.3) is 0 Å². The van der Waals surface area contributed by atoms with Crippen LogP contribution in [0.3, 0.4) is 0 Å². The van der Waals surface area contributed by atoms with Crippen molar-refractivity contribution in [2.45, 2.75) is 26.2 Å². The van der Waals surface area contributed by atoms with E-state index in [1.165, 1.54) is 17.3 Å². The number of hydrogen-bond donors (Lipinski definition) is 0. The standard InChI is InChI=1S/C8H11N5/c1-8(2,3)6-7-10-5-12-13(7)11-4-9-6/h4-5H,1-3H3. The predicted molar refractivity (Wildman–Crippen MR) is 47.3 cm³/mol. The molecule has 2 aromatic rings. The third-order valence-electron chi connectivity index (χ3n) is 1.80. The van der Waals surface area contributed by atoms with Crippen LogP contribution in [0.4, 0.5) is 0 Å². The number of nitrogens with zero attached hydrogens (tertiary/aromatic N) is 5. The Kier molecular flexibility index (Phi) is 1.55. The molecule has 0 N–H and O–H groups in total. The normalized spacial score (nSPS) is 12.2. The average molecular weight is 177 g/mol. The Morgan fingerprint density at radius 1 is 1.08 bits per heavy atom. The summed E-state index contributed by atoms with van der Waals surface area (Å²) in [5.41, 5.74) is 1.62. The average Bonchev–Trinajstić information content (AvgIpc) is 2.48. The van der Waals surface area contributed by atoms with E-state index in [4.69, 9.17) is 0 Å². The first-order valence-corrected chi connectivity index (χ1v) is 4.10. The maximum absolute atomic E-state index is 4.22. The molecule has 0 aromatic carbocycles. The summed E-state index contributed by atoms with van der Waals surface area (Å²) in [5, 5.41) is 7.89. The molecule has 0 radical (unpaired) electrons. The molecule has 0 saturated carbocycles. The molecule has 0 aliphatic rings. The van der Waals surface area contributed by atoms with E-state index in [1.54, 1.807) is 0 Å². The lowest BCUT2D eigenvalue weighted by atomic mass is 9.92. The molecule has 0 fully saturated rings. The first-order chi connectivity index (χ1) is 6.09. The Hall–Kier alpha value is -1.52. The second kappa shape index (κ2) is 2.48. The molecule has 0 unspecified atom stereocenters. The van der Waals surface area contributed by atoms with Gasteiger partial charge in [-0.3, -0.25) is 0 Å². The number of fused-ring (bicyclic) bond motifs is 1. The lowest BCUT2D eigenvalue weighted by molar-refractivity contribution is 0.561. The highest BCUT2D eigenvalue weighted by atomic mass is 15.4. The van der Waals surface area contributed by atoms with Crippen molar-refractivity contribution in [2.75, 3.05) is 0 Å². The van der Waals surface area contributed by atoms with Crippen molar-refractivity contribution in [2.24, 2.45) is 0 Å². The second-order valence-electron chi connectivity index (χ2n) is 3.93. The summed E-state index contributed by atoms with van der Waals surface area (Å²) < 4.78 is 1.49. The molecule has 0 spiro atoms. The predicted octanol–water partition coefficient (Wildman–Crippen LogP) is 0.817. The van der Waals surface area contributed by atoms with E-state index in [-0.39, 0.29) is 5.41 Å². The Labute approximate surface area is 75.8 Å². The summed E-state index contributed by atoms with van der Waals surface area (Å²) in [7, 11) is 0. The topological polar surface area (TPSA) is 56.0 Å². The van der Waals surface area contributed by atoms with Gasteiger partial charge < -0.3 is 0 Å². The third-order valence-corrected chi connectivity index (χ3v) is 1.80. The largest absolute Gasteiger partial charge is 0.235 e. The van der Waals surface area contributed by atoms with Crippen molar-refractivity contribution in [3.8, 4) is 0 Å². The first-order valence-electron chi connectivity index (χ1n) is 4.10. The summed E-state index contributed by atoms with van der Waals surface area (Å²) in [6.07, 6.45) is 2.99. The van der Waals surface area contributed by atoms with Gasteiger partial charge in [-0.15, -0.1) is 14.8 Å². The fourth-order valence-electron chi connectivity index (χ4n) is 1.20. The summed E-state index contributed by atoms with van der Waals surface area (Å²) in [4.78, 5) is 8.33. The quantitative estimate of drug-likeness (QED) is 0.597. The van der Waals surface area contributed by atoms with Crippen LogP contribution < -0.4 is 0 Å². The van der Waals surface area contributed by atoms with Gasteiger partial charge in [0.1, 0.15) is 12.7 Å². The second-order valence-corrected chi connectivity index (χ2v) is 3.93. The molecule has 0 bridgehead atoms. The van der Waals surface area contributed by atoms with Crippen molar-refractivity contribution >= 4 is 5.65 Å². The fraction of sp³-hybridized carbons (Fsp3) is 0.500. The minimum absolute atomic E-state index is 0.0305. The Bertz CT molecular complexity index is 425. The SMILES string of the molecule is CC(C)(C)c1ncnn2ncnc12. The van der Waals surface area contributed by atoms with Crippen LogP contribution in [0, 0.1) is 0 Å².